The van der Waals surface area contributed by atoms with Gasteiger partial charge in [0.2, 0.25) is 35.4 Å². The first-order valence-electron chi connectivity index (χ1n) is 19.4. The highest BCUT2D eigenvalue weighted by Gasteiger charge is 2.34. The van der Waals surface area contributed by atoms with Crippen molar-refractivity contribution >= 4 is 52.3 Å². The minimum absolute atomic E-state index is 0.0227. The van der Waals surface area contributed by atoms with Crippen molar-refractivity contribution in [2.45, 2.75) is 82.2 Å². The van der Waals surface area contributed by atoms with Crippen LogP contribution < -0.4 is 38.1 Å². The fraction of sp³-hybridized carbons (Fsp3) is 0.357. The van der Waals surface area contributed by atoms with Gasteiger partial charge in [0, 0.05) is 36.4 Å². The summed E-state index contributed by atoms with van der Waals surface area (Å²) < 4.78 is 0. The van der Waals surface area contributed by atoms with Crippen LogP contribution in [0.1, 0.15) is 43.4 Å². The number of primary amides is 1. The second-order valence-electron chi connectivity index (χ2n) is 15.0. The number of phenolic OH excluding ortho intramolecular Hbond substituents is 2. The second kappa shape index (κ2) is 21.9. The van der Waals surface area contributed by atoms with Crippen LogP contribution in [-0.4, -0.2) is 110 Å². The van der Waals surface area contributed by atoms with E-state index in [-0.39, 0.29) is 36.7 Å². The number of rotatable bonds is 22. The number of amides is 6. The predicted molar refractivity (Wildman–Crippen MR) is 221 cm³/mol. The maximum absolute atomic E-state index is 14.2. The number of aromatic hydroxyl groups is 2. The van der Waals surface area contributed by atoms with Crippen LogP contribution in [0.25, 0.3) is 10.9 Å². The first-order chi connectivity index (χ1) is 28.9. The van der Waals surface area contributed by atoms with E-state index in [0.717, 1.165) is 10.9 Å². The first-order valence-corrected chi connectivity index (χ1v) is 19.4. The standard InChI is InChI=1S/C42H52N8O11/c1-22(2)15-29(43)37(55)46-31(16-23-7-11-26(52)12-8-23)38(56)48-33(18-25-20-45-30-6-4-3-5-28(25)30)40(58)50-35(21-51)41(59)47-32(17-24-9-13-27(53)14-10-24)39(57)49-34(42(60)61)19-36(44)54/h3-14,20,22,29,31-35,45,51-53H,15-19,21,43H2,1-2H3,(H2,44,54)(H,46,55)(H,47,59)(H,48,56)(H,49,57)(H,50,58)(H,60,61)/t29-,31-,32-,33-,34-,35-/m0/s1. The van der Waals surface area contributed by atoms with E-state index in [2.05, 4.69) is 31.6 Å². The smallest absolute Gasteiger partial charge is 0.326 e. The van der Waals surface area contributed by atoms with Crippen LogP contribution in [-0.2, 0) is 52.8 Å². The molecule has 0 fully saturated rings. The number of hydrogen-bond acceptors (Lipinski definition) is 11. The Balaban J connectivity index is 1.62. The number of carboxylic acid groups (broad SMARTS) is 1. The molecule has 6 atom stereocenters. The number of phenols is 2. The molecule has 1 aromatic heterocycles. The number of aromatic amines is 1. The summed E-state index contributed by atoms with van der Waals surface area (Å²) >= 11 is 0. The number of nitrogens with two attached hydrogens (primary N) is 2. The summed E-state index contributed by atoms with van der Waals surface area (Å²) in [6.45, 7) is 2.77. The number of benzene rings is 3. The Kier molecular flexibility index (Phi) is 16.7. The van der Waals surface area contributed by atoms with Gasteiger partial charge in [-0.2, -0.15) is 0 Å². The number of nitrogens with one attached hydrogen (secondary N) is 6. The number of carboxylic acids is 1. The zero-order valence-electron chi connectivity index (χ0n) is 33.6. The molecule has 0 aliphatic carbocycles. The molecule has 14 N–H and O–H groups in total. The van der Waals surface area contributed by atoms with E-state index >= 15 is 0 Å². The van der Waals surface area contributed by atoms with Crippen LogP contribution in [0.15, 0.2) is 79.0 Å². The van der Waals surface area contributed by atoms with Crippen molar-refractivity contribution in [2.24, 2.45) is 17.4 Å². The molecule has 0 bridgehead atoms. The summed E-state index contributed by atoms with van der Waals surface area (Å²) in [4.78, 5) is 95.1. The third kappa shape index (κ3) is 14.1. The van der Waals surface area contributed by atoms with Crippen LogP contribution in [0.2, 0.25) is 0 Å². The number of aliphatic hydroxyl groups is 1. The monoisotopic (exact) mass is 844 g/mol. The normalized spacial score (nSPS) is 14.1. The predicted octanol–water partition coefficient (Wildman–Crippen LogP) is -0.643. The molecular weight excluding hydrogens is 793 g/mol. The molecule has 4 aromatic rings. The van der Waals surface area contributed by atoms with Crippen LogP contribution >= 0.6 is 0 Å². The Bertz CT molecular complexity index is 2180. The highest BCUT2D eigenvalue weighted by Crippen LogP contribution is 2.20. The molecule has 4 rings (SSSR count). The van der Waals surface area contributed by atoms with Gasteiger partial charge in [-0.3, -0.25) is 28.8 Å². The summed E-state index contributed by atoms with van der Waals surface area (Å²) in [5.74, 6) is -7.12. The lowest BCUT2D eigenvalue weighted by atomic mass is 10.00. The van der Waals surface area contributed by atoms with Crippen molar-refractivity contribution in [2.75, 3.05) is 6.61 Å². The van der Waals surface area contributed by atoms with Crippen molar-refractivity contribution in [1.82, 2.24) is 31.6 Å². The SMILES string of the molecule is CC(C)C[C@H](N)C(=O)N[C@@H](Cc1ccc(O)cc1)C(=O)N[C@@H](Cc1c[nH]c2ccccc12)C(=O)N[C@@H](CO)C(=O)N[C@@H](Cc1ccc(O)cc1)C(=O)N[C@@H](CC(N)=O)C(=O)O. The van der Waals surface area contributed by atoms with Gasteiger partial charge >= 0.3 is 5.97 Å². The summed E-state index contributed by atoms with van der Waals surface area (Å²) in [6.07, 6.45) is 0.729. The fourth-order valence-electron chi connectivity index (χ4n) is 6.46. The quantitative estimate of drug-likeness (QED) is 0.0470. The number of aliphatic carboxylic acids is 1. The van der Waals surface area contributed by atoms with Gasteiger partial charge in [0.15, 0.2) is 0 Å². The molecule has 0 aliphatic heterocycles. The van der Waals surface area contributed by atoms with Gasteiger partial charge in [-0.05, 0) is 59.4 Å². The molecule has 6 amide bonds. The molecule has 0 radical (unpaired) electrons. The lowest BCUT2D eigenvalue weighted by molar-refractivity contribution is -0.143. The molecule has 1 heterocycles. The van der Waals surface area contributed by atoms with Gasteiger partial charge in [-0.25, -0.2) is 4.79 Å². The fourth-order valence-corrected chi connectivity index (χ4v) is 6.46. The largest absolute Gasteiger partial charge is 0.508 e. The zero-order valence-corrected chi connectivity index (χ0v) is 33.6. The lowest BCUT2D eigenvalue weighted by Crippen LogP contribution is -2.61. The minimum atomic E-state index is -1.75. The van der Waals surface area contributed by atoms with Gasteiger partial charge in [0.05, 0.1) is 19.1 Å². The number of H-pyrrole nitrogens is 1. The highest BCUT2D eigenvalue weighted by molar-refractivity contribution is 5.97. The molecule has 0 aliphatic rings. The van der Waals surface area contributed by atoms with E-state index in [1.54, 1.807) is 42.6 Å². The Morgan fingerprint density at radius 1 is 0.623 bits per heavy atom. The summed E-state index contributed by atoms with van der Waals surface area (Å²) in [5, 5.41) is 52.6. The third-order valence-electron chi connectivity index (χ3n) is 9.65. The molecule has 0 spiro atoms. The number of carbonyl (C=O) groups excluding carboxylic acids is 6. The highest BCUT2D eigenvalue weighted by atomic mass is 16.4. The van der Waals surface area contributed by atoms with Crippen molar-refractivity contribution in [1.29, 1.82) is 0 Å². The minimum Gasteiger partial charge on any atom is -0.508 e. The van der Waals surface area contributed by atoms with Gasteiger partial charge < -0.3 is 63.5 Å². The number of aliphatic hydroxyl groups excluding tert-OH is 1. The van der Waals surface area contributed by atoms with E-state index in [1.807, 2.05) is 13.8 Å². The Morgan fingerprint density at radius 3 is 1.54 bits per heavy atom. The first kappa shape index (κ1) is 46.7. The summed E-state index contributed by atoms with van der Waals surface area (Å²) in [7, 11) is 0. The number of carbonyl (C=O) groups is 7. The molecule has 0 saturated heterocycles. The average molecular weight is 845 g/mol. The van der Waals surface area contributed by atoms with Crippen LogP contribution in [0.3, 0.4) is 0 Å². The van der Waals surface area contributed by atoms with Gasteiger partial charge in [-0.15, -0.1) is 0 Å². The zero-order chi connectivity index (χ0) is 44.8. The molecule has 0 unspecified atom stereocenters. The van der Waals surface area contributed by atoms with Crippen molar-refractivity contribution in [3.63, 3.8) is 0 Å². The Morgan fingerprint density at radius 2 is 1.07 bits per heavy atom. The molecule has 19 nitrogen and oxygen atoms in total. The van der Waals surface area contributed by atoms with Gasteiger partial charge in [0.25, 0.3) is 0 Å². The molecule has 326 valence electrons. The number of hydrogen-bond donors (Lipinski definition) is 12. The maximum Gasteiger partial charge on any atom is 0.326 e. The molecule has 61 heavy (non-hydrogen) atoms. The molecule has 19 heteroatoms. The molecule has 0 saturated carbocycles. The van der Waals surface area contributed by atoms with E-state index in [0.29, 0.717) is 23.1 Å². The lowest BCUT2D eigenvalue weighted by Gasteiger charge is -2.27. The number of para-hydroxylation sites is 1. The van der Waals surface area contributed by atoms with E-state index < -0.39 is 90.7 Å². The van der Waals surface area contributed by atoms with Gasteiger partial charge in [-0.1, -0.05) is 56.3 Å². The van der Waals surface area contributed by atoms with Crippen molar-refractivity contribution < 1.29 is 54.0 Å². The van der Waals surface area contributed by atoms with Crippen molar-refractivity contribution in [3.05, 3.63) is 95.7 Å². The third-order valence-corrected chi connectivity index (χ3v) is 9.65. The van der Waals surface area contributed by atoms with Crippen LogP contribution in [0.5, 0.6) is 11.5 Å². The summed E-state index contributed by atoms with van der Waals surface area (Å²) in [5.41, 5.74) is 13.6. The topological polar surface area (TPSA) is 328 Å². The average Bonchev–Trinajstić information content (AvgIpc) is 3.62. The van der Waals surface area contributed by atoms with E-state index in [9.17, 15) is 54.0 Å². The second-order valence-corrected chi connectivity index (χ2v) is 15.0. The molecule has 3 aromatic carbocycles. The molecular formula is C42H52N8O11. The maximum atomic E-state index is 14.2. The van der Waals surface area contributed by atoms with Gasteiger partial charge in [0.1, 0.15) is 41.7 Å². The van der Waals surface area contributed by atoms with Crippen molar-refractivity contribution in [3.8, 4) is 11.5 Å². The van der Waals surface area contributed by atoms with E-state index in [4.69, 9.17) is 11.5 Å². The Hall–Kier alpha value is -6.99. The van der Waals surface area contributed by atoms with Crippen LogP contribution in [0, 0.1) is 5.92 Å². The summed E-state index contributed by atoms with van der Waals surface area (Å²) in [6, 6.07) is 9.97. The number of aromatic nitrogens is 1. The Labute approximate surface area is 350 Å². The number of fused-ring (bicyclic) bond motifs is 1. The van der Waals surface area contributed by atoms with Crippen LogP contribution in [0.4, 0.5) is 0 Å². The van der Waals surface area contributed by atoms with E-state index in [1.165, 1.54) is 36.4 Å².